The highest BCUT2D eigenvalue weighted by Crippen LogP contribution is 2.26. The molecule has 0 spiro atoms. The topological polar surface area (TPSA) is 71.5 Å². The van der Waals surface area contributed by atoms with Crippen molar-refractivity contribution in [2.24, 2.45) is 0 Å². The van der Waals surface area contributed by atoms with Gasteiger partial charge < -0.3 is 15.0 Å². The normalized spacial score (nSPS) is 10.3. The Balaban J connectivity index is 1.54. The molecule has 0 unspecified atom stereocenters. The van der Waals surface area contributed by atoms with Crippen LogP contribution in [0.2, 0.25) is 0 Å². The predicted molar refractivity (Wildman–Crippen MR) is 109 cm³/mol. The lowest BCUT2D eigenvalue weighted by atomic mass is 10.2. The third kappa shape index (κ3) is 5.38. The molecule has 27 heavy (non-hydrogen) atoms. The van der Waals surface area contributed by atoms with E-state index in [1.54, 1.807) is 24.3 Å². The Morgan fingerprint density at radius 2 is 1.85 bits per heavy atom. The summed E-state index contributed by atoms with van der Waals surface area (Å²) < 4.78 is 6.18. The van der Waals surface area contributed by atoms with Crippen LogP contribution in [0.4, 0.5) is 9.93 Å². The zero-order chi connectivity index (χ0) is 19.2. The Bertz CT molecular complexity index is 929. The van der Waals surface area contributed by atoms with Crippen molar-refractivity contribution in [1.82, 2.24) is 9.88 Å². The van der Waals surface area contributed by atoms with E-state index in [2.05, 4.69) is 26.2 Å². The molecule has 6 nitrogen and oxygen atoms in total. The lowest BCUT2D eigenvalue weighted by molar-refractivity contribution is -0.116. The van der Waals surface area contributed by atoms with Gasteiger partial charge in [-0.25, -0.2) is 9.78 Å². The molecule has 2 amide bonds. The summed E-state index contributed by atoms with van der Waals surface area (Å²) in [6.45, 7) is -0.140. The average molecular weight is 446 g/mol. The molecule has 8 heteroatoms. The number of likely N-dealkylation sites (N-methyl/N-ethyl adjacent to an activating group) is 1. The van der Waals surface area contributed by atoms with Gasteiger partial charge in [0.15, 0.2) is 5.13 Å². The second kappa shape index (κ2) is 8.79. The summed E-state index contributed by atoms with van der Waals surface area (Å²) in [5.74, 6) is 0.0769. The van der Waals surface area contributed by atoms with Crippen LogP contribution in [-0.2, 0) is 4.79 Å². The Kier molecular flexibility index (Phi) is 6.20. The largest absolute Gasteiger partial charge is 0.415 e. The number of nitrogens with zero attached hydrogens (tertiary/aromatic N) is 2. The molecule has 0 bridgehead atoms. The van der Waals surface area contributed by atoms with Crippen molar-refractivity contribution in [2.75, 3.05) is 18.9 Å². The zero-order valence-corrected chi connectivity index (χ0v) is 16.8. The number of aromatic nitrogens is 1. The van der Waals surface area contributed by atoms with Crippen molar-refractivity contribution >= 4 is 44.4 Å². The van der Waals surface area contributed by atoms with Crippen molar-refractivity contribution < 1.29 is 14.3 Å². The van der Waals surface area contributed by atoms with E-state index < -0.39 is 6.09 Å². The maximum Gasteiger partial charge on any atom is 0.415 e. The van der Waals surface area contributed by atoms with Crippen molar-refractivity contribution in [3.05, 3.63) is 64.5 Å². The van der Waals surface area contributed by atoms with Gasteiger partial charge in [-0.2, -0.15) is 0 Å². The monoisotopic (exact) mass is 445 g/mol. The molecule has 0 saturated heterocycles. The lowest BCUT2D eigenvalue weighted by Gasteiger charge is -2.15. The number of ether oxygens (including phenoxy) is 1. The minimum Gasteiger partial charge on any atom is -0.410 e. The van der Waals surface area contributed by atoms with Crippen molar-refractivity contribution in [3.63, 3.8) is 0 Å². The van der Waals surface area contributed by atoms with Crippen LogP contribution in [0.3, 0.4) is 0 Å². The Labute approximate surface area is 168 Å². The molecule has 0 aliphatic rings. The Morgan fingerprint density at radius 1 is 1.15 bits per heavy atom. The highest BCUT2D eigenvalue weighted by Gasteiger charge is 2.16. The van der Waals surface area contributed by atoms with Gasteiger partial charge in [0.1, 0.15) is 12.3 Å². The van der Waals surface area contributed by atoms with Gasteiger partial charge in [-0.3, -0.25) is 4.79 Å². The van der Waals surface area contributed by atoms with Crippen LogP contribution in [0.5, 0.6) is 5.75 Å². The number of carbonyl (C=O) groups is 2. The molecule has 2 aromatic carbocycles. The van der Waals surface area contributed by atoms with Crippen molar-refractivity contribution in [1.29, 1.82) is 0 Å². The molecule has 3 rings (SSSR count). The molecule has 0 saturated carbocycles. The Morgan fingerprint density at radius 3 is 2.56 bits per heavy atom. The summed E-state index contributed by atoms with van der Waals surface area (Å²) in [5.41, 5.74) is 1.73. The fraction of sp³-hybridized carbons (Fsp3) is 0.105. The fourth-order valence-electron chi connectivity index (χ4n) is 2.19. The molecular formula is C19H16BrN3O3S. The second-order valence-corrected chi connectivity index (χ2v) is 7.40. The molecule has 1 N–H and O–H groups in total. The Hall–Kier alpha value is -2.71. The van der Waals surface area contributed by atoms with Gasteiger partial charge in [0.2, 0.25) is 5.91 Å². The SMILES string of the molecule is CN(CC(=O)Nc1nc(-c2ccc(Br)cc2)cs1)C(=O)Oc1ccccc1. The summed E-state index contributed by atoms with van der Waals surface area (Å²) in [6, 6.07) is 16.4. The van der Waals surface area contributed by atoms with Crippen LogP contribution in [0.1, 0.15) is 0 Å². The van der Waals surface area contributed by atoms with Gasteiger partial charge in [-0.15, -0.1) is 11.3 Å². The van der Waals surface area contributed by atoms with Crippen LogP contribution in [0.25, 0.3) is 11.3 Å². The maximum atomic E-state index is 12.2. The molecular weight excluding hydrogens is 430 g/mol. The maximum absolute atomic E-state index is 12.2. The van der Waals surface area contributed by atoms with Crippen LogP contribution in [0, 0.1) is 0 Å². The predicted octanol–water partition coefficient (Wildman–Crippen LogP) is 4.64. The first-order valence-electron chi connectivity index (χ1n) is 8.00. The number of halogens is 1. The van der Waals surface area contributed by atoms with E-state index in [1.165, 1.54) is 23.3 Å². The lowest BCUT2D eigenvalue weighted by Crippen LogP contribution is -2.36. The molecule has 1 aromatic heterocycles. The number of para-hydroxylation sites is 1. The number of rotatable bonds is 5. The van der Waals surface area contributed by atoms with Gasteiger partial charge in [0.25, 0.3) is 0 Å². The number of amides is 2. The van der Waals surface area contributed by atoms with E-state index >= 15 is 0 Å². The van der Waals surface area contributed by atoms with E-state index in [1.807, 2.05) is 35.7 Å². The summed E-state index contributed by atoms with van der Waals surface area (Å²) in [5, 5.41) is 5.04. The third-order valence-corrected chi connectivity index (χ3v) is 4.82. The van der Waals surface area contributed by atoms with Gasteiger partial charge in [-0.05, 0) is 24.3 Å². The molecule has 0 fully saturated rings. The van der Waals surface area contributed by atoms with Gasteiger partial charge in [0, 0.05) is 22.5 Å². The minimum atomic E-state index is -0.606. The highest BCUT2D eigenvalue weighted by molar-refractivity contribution is 9.10. The first kappa shape index (κ1) is 19.1. The van der Waals surface area contributed by atoms with Gasteiger partial charge in [0.05, 0.1) is 5.69 Å². The van der Waals surface area contributed by atoms with Crippen molar-refractivity contribution in [2.45, 2.75) is 0 Å². The molecule has 0 aliphatic carbocycles. The zero-order valence-electron chi connectivity index (χ0n) is 14.4. The average Bonchev–Trinajstić information content (AvgIpc) is 3.11. The second-order valence-electron chi connectivity index (χ2n) is 5.63. The molecule has 0 atom stereocenters. The van der Waals surface area contributed by atoms with E-state index in [9.17, 15) is 9.59 Å². The van der Waals surface area contributed by atoms with E-state index in [0.717, 1.165) is 15.7 Å². The van der Waals surface area contributed by atoms with Crippen molar-refractivity contribution in [3.8, 4) is 17.0 Å². The summed E-state index contributed by atoms with van der Waals surface area (Å²) in [6.07, 6.45) is -0.606. The first-order chi connectivity index (χ1) is 13.0. The van der Waals surface area contributed by atoms with E-state index in [0.29, 0.717) is 10.9 Å². The molecule has 1 heterocycles. The van der Waals surface area contributed by atoms with E-state index in [4.69, 9.17) is 4.74 Å². The number of benzene rings is 2. The minimum absolute atomic E-state index is 0.140. The molecule has 0 radical (unpaired) electrons. The number of carbonyl (C=O) groups excluding carboxylic acids is 2. The quantitative estimate of drug-likeness (QED) is 0.620. The summed E-state index contributed by atoms with van der Waals surface area (Å²) in [4.78, 5) is 29.8. The van der Waals surface area contributed by atoms with Crippen LogP contribution >= 0.6 is 27.3 Å². The van der Waals surface area contributed by atoms with Gasteiger partial charge in [-0.1, -0.05) is 46.3 Å². The van der Waals surface area contributed by atoms with Crippen LogP contribution in [-0.4, -0.2) is 35.5 Å². The van der Waals surface area contributed by atoms with Gasteiger partial charge >= 0.3 is 6.09 Å². The van der Waals surface area contributed by atoms with Crippen LogP contribution < -0.4 is 10.1 Å². The standard InChI is InChI=1S/C19H16BrN3O3S/c1-23(19(25)26-15-5-3-2-4-6-15)11-17(24)22-18-21-16(12-27-18)13-7-9-14(20)10-8-13/h2-10,12H,11H2,1H3,(H,21,22,24). The number of nitrogens with one attached hydrogen (secondary N) is 1. The number of hydrogen-bond donors (Lipinski definition) is 1. The summed E-state index contributed by atoms with van der Waals surface area (Å²) >= 11 is 4.72. The third-order valence-electron chi connectivity index (χ3n) is 3.53. The van der Waals surface area contributed by atoms with E-state index in [-0.39, 0.29) is 12.5 Å². The summed E-state index contributed by atoms with van der Waals surface area (Å²) in [7, 11) is 1.50. The number of thiazole rings is 1. The molecule has 138 valence electrons. The van der Waals surface area contributed by atoms with Crippen LogP contribution in [0.15, 0.2) is 64.5 Å². The highest BCUT2D eigenvalue weighted by atomic mass is 79.9. The first-order valence-corrected chi connectivity index (χ1v) is 9.68. The fourth-order valence-corrected chi connectivity index (χ4v) is 3.19. The number of anilines is 1. The molecule has 0 aliphatic heterocycles. The number of hydrogen-bond acceptors (Lipinski definition) is 5. The smallest absolute Gasteiger partial charge is 0.410 e. The molecule has 3 aromatic rings.